The summed E-state index contributed by atoms with van der Waals surface area (Å²) >= 11 is 0. The summed E-state index contributed by atoms with van der Waals surface area (Å²) in [5, 5.41) is 3.29. The number of benzene rings is 2. The third-order valence-corrected chi connectivity index (χ3v) is 4.35. The SMILES string of the molecule is COc1ccc2c(C[C@@H](NC(=O)Cc3ccccc3)C(N)=O)cc(=O)oc2c1. The van der Waals surface area contributed by atoms with Gasteiger partial charge in [0.25, 0.3) is 0 Å². The van der Waals surface area contributed by atoms with Crippen LogP contribution in [-0.2, 0) is 22.4 Å². The average Bonchev–Trinajstić information content (AvgIpc) is 2.67. The summed E-state index contributed by atoms with van der Waals surface area (Å²) in [4.78, 5) is 36.1. The molecule has 7 heteroatoms. The Balaban J connectivity index is 1.83. The highest BCUT2D eigenvalue weighted by Gasteiger charge is 2.21. The van der Waals surface area contributed by atoms with Crippen LogP contribution in [0.25, 0.3) is 11.0 Å². The highest BCUT2D eigenvalue weighted by molar-refractivity contribution is 5.89. The molecule has 0 aliphatic rings. The summed E-state index contributed by atoms with van der Waals surface area (Å²) < 4.78 is 10.3. The number of carbonyl (C=O) groups is 2. The van der Waals surface area contributed by atoms with E-state index in [1.807, 2.05) is 30.3 Å². The Morgan fingerprint density at radius 2 is 1.89 bits per heavy atom. The van der Waals surface area contributed by atoms with E-state index < -0.39 is 17.6 Å². The molecular weight excluding hydrogens is 360 g/mol. The zero-order valence-corrected chi connectivity index (χ0v) is 15.3. The third-order valence-electron chi connectivity index (χ3n) is 4.35. The first-order valence-electron chi connectivity index (χ1n) is 8.69. The maximum Gasteiger partial charge on any atom is 0.336 e. The van der Waals surface area contributed by atoms with Crippen molar-refractivity contribution in [1.82, 2.24) is 5.32 Å². The standard InChI is InChI=1S/C21H20N2O5/c1-27-15-7-8-16-14(11-20(25)28-18(16)12-15)10-17(21(22)26)23-19(24)9-13-5-3-2-4-6-13/h2-8,11-12,17H,9-10H2,1H3,(H2,22,26)(H,23,24)/t17-/m1/s1. The van der Waals surface area contributed by atoms with Crippen LogP contribution in [0.15, 0.2) is 63.8 Å². The Morgan fingerprint density at radius 1 is 1.14 bits per heavy atom. The molecule has 0 aliphatic carbocycles. The molecule has 2 amide bonds. The highest BCUT2D eigenvalue weighted by Crippen LogP contribution is 2.23. The zero-order chi connectivity index (χ0) is 20.1. The molecule has 28 heavy (non-hydrogen) atoms. The van der Waals surface area contributed by atoms with Crippen LogP contribution >= 0.6 is 0 Å². The first-order valence-corrected chi connectivity index (χ1v) is 8.69. The van der Waals surface area contributed by atoms with Gasteiger partial charge in [0.15, 0.2) is 0 Å². The van der Waals surface area contributed by atoms with Gasteiger partial charge in [-0.2, -0.15) is 0 Å². The minimum atomic E-state index is -0.955. The number of ether oxygens (including phenoxy) is 1. The van der Waals surface area contributed by atoms with Crippen molar-refractivity contribution < 1.29 is 18.7 Å². The van der Waals surface area contributed by atoms with Crippen molar-refractivity contribution in [3.63, 3.8) is 0 Å². The van der Waals surface area contributed by atoms with Crippen LogP contribution in [-0.4, -0.2) is 25.0 Å². The van der Waals surface area contributed by atoms with Crippen LogP contribution in [0.5, 0.6) is 5.75 Å². The van der Waals surface area contributed by atoms with Crippen molar-refractivity contribution >= 4 is 22.8 Å². The second kappa shape index (κ2) is 8.39. The van der Waals surface area contributed by atoms with Gasteiger partial charge in [0, 0.05) is 23.9 Å². The maximum atomic E-state index is 12.3. The van der Waals surface area contributed by atoms with E-state index in [0.29, 0.717) is 22.3 Å². The summed E-state index contributed by atoms with van der Waals surface area (Å²) in [6, 6.07) is 14.6. The van der Waals surface area contributed by atoms with Gasteiger partial charge in [0.05, 0.1) is 13.5 Å². The van der Waals surface area contributed by atoms with Crippen molar-refractivity contribution in [3.8, 4) is 5.75 Å². The number of nitrogens with two attached hydrogens (primary N) is 1. The van der Waals surface area contributed by atoms with Gasteiger partial charge in [0.1, 0.15) is 17.4 Å². The fourth-order valence-corrected chi connectivity index (χ4v) is 2.98. The van der Waals surface area contributed by atoms with E-state index in [1.165, 1.54) is 13.2 Å². The molecular formula is C21H20N2O5. The number of methoxy groups -OCH3 is 1. The van der Waals surface area contributed by atoms with Crippen molar-refractivity contribution in [3.05, 3.63) is 76.1 Å². The lowest BCUT2D eigenvalue weighted by Gasteiger charge is -2.16. The Kier molecular flexibility index (Phi) is 5.74. The van der Waals surface area contributed by atoms with Gasteiger partial charge >= 0.3 is 5.63 Å². The lowest BCUT2D eigenvalue weighted by atomic mass is 10.0. The van der Waals surface area contributed by atoms with Crippen molar-refractivity contribution in [2.45, 2.75) is 18.9 Å². The minimum absolute atomic E-state index is 0.0737. The second-order valence-corrected chi connectivity index (χ2v) is 6.34. The molecule has 0 fully saturated rings. The molecule has 144 valence electrons. The van der Waals surface area contributed by atoms with Gasteiger partial charge in [-0.3, -0.25) is 9.59 Å². The highest BCUT2D eigenvalue weighted by atomic mass is 16.5. The molecule has 0 aliphatic heterocycles. The van der Waals surface area contributed by atoms with Crippen LogP contribution in [0.3, 0.4) is 0 Å². The van der Waals surface area contributed by atoms with Crippen molar-refractivity contribution in [2.24, 2.45) is 5.73 Å². The predicted octanol–water partition coefficient (Wildman–Crippen LogP) is 1.56. The van der Waals surface area contributed by atoms with Gasteiger partial charge in [-0.25, -0.2) is 4.79 Å². The Morgan fingerprint density at radius 3 is 2.57 bits per heavy atom. The number of primary amides is 1. The van der Waals surface area contributed by atoms with E-state index in [0.717, 1.165) is 5.56 Å². The average molecular weight is 380 g/mol. The number of carbonyl (C=O) groups excluding carboxylic acids is 2. The molecule has 0 bridgehead atoms. The smallest absolute Gasteiger partial charge is 0.336 e. The summed E-state index contributed by atoms with van der Waals surface area (Å²) in [6.45, 7) is 0. The molecule has 0 unspecified atom stereocenters. The van der Waals surface area contributed by atoms with Crippen LogP contribution in [0, 0.1) is 0 Å². The topological polar surface area (TPSA) is 112 Å². The summed E-state index contributed by atoms with van der Waals surface area (Å²) in [7, 11) is 1.51. The molecule has 1 aromatic heterocycles. The Bertz CT molecular complexity index is 1060. The van der Waals surface area contributed by atoms with Crippen LogP contribution in [0.2, 0.25) is 0 Å². The molecule has 0 spiro atoms. The molecule has 1 atom stereocenters. The number of fused-ring (bicyclic) bond motifs is 1. The molecule has 0 saturated heterocycles. The summed E-state index contributed by atoms with van der Waals surface area (Å²) in [5.74, 6) is -0.476. The van der Waals surface area contributed by atoms with E-state index in [-0.39, 0.29) is 18.7 Å². The van der Waals surface area contributed by atoms with Crippen LogP contribution in [0.4, 0.5) is 0 Å². The molecule has 3 N–H and O–H groups in total. The molecule has 3 aromatic rings. The lowest BCUT2D eigenvalue weighted by molar-refractivity contribution is -0.126. The fourth-order valence-electron chi connectivity index (χ4n) is 2.98. The van der Waals surface area contributed by atoms with Gasteiger partial charge in [-0.1, -0.05) is 30.3 Å². The zero-order valence-electron chi connectivity index (χ0n) is 15.3. The first-order chi connectivity index (χ1) is 13.5. The van der Waals surface area contributed by atoms with E-state index >= 15 is 0 Å². The number of hydrogen-bond donors (Lipinski definition) is 2. The molecule has 7 nitrogen and oxygen atoms in total. The van der Waals surface area contributed by atoms with Crippen molar-refractivity contribution in [2.75, 3.05) is 7.11 Å². The van der Waals surface area contributed by atoms with Gasteiger partial charge in [-0.15, -0.1) is 0 Å². The van der Waals surface area contributed by atoms with Crippen LogP contribution in [0.1, 0.15) is 11.1 Å². The Labute approximate surface area is 161 Å². The monoisotopic (exact) mass is 380 g/mol. The van der Waals surface area contributed by atoms with Crippen molar-refractivity contribution in [1.29, 1.82) is 0 Å². The Hall–Kier alpha value is -3.61. The number of rotatable bonds is 7. The molecule has 0 radical (unpaired) electrons. The lowest BCUT2D eigenvalue weighted by Crippen LogP contribution is -2.46. The molecule has 3 rings (SSSR count). The summed E-state index contributed by atoms with van der Waals surface area (Å²) in [6.07, 6.45) is 0.198. The van der Waals surface area contributed by atoms with Gasteiger partial charge < -0.3 is 20.2 Å². The van der Waals surface area contributed by atoms with E-state index in [2.05, 4.69) is 5.32 Å². The third kappa shape index (κ3) is 4.56. The molecule has 0 saturated carbocycles. The fraction of sp³-hybridized carbons (Fsp3) is 0.190. The minimum Gasteiger partial charge on any atom is -0.497 e. The van der Waals surface area contributed by atoms with E-state index in [9.17, 15) is 14.4 Å². The van der Waals surface area contributed by atoms with E-state index in [1.54, 1.807) is 18.2 Å². The maximum absolute atomic E-state index is 12.3. The molecule has 2 aromatic carbocycles. The van der Waals surface area contributed by atoms with Gasteiger partial charge in [0.2, 0.25) is 11.8 Å². The van der Waals surface area contributed by atoms with Crippen LogP contribution < -0.4 is 21.4 Å². The molecule has 1 heterocycles. The first kappa shape index (κ1) is 19.2. The number of nitrogens with one attached hydrogen (secondary N) is 1. The predicted molar refractivity (Wildman–Crippen MR) is 104 cm³/mol. The summed E-state index contributed by atoms with van der Waals surface area (Å²) in [5.41, 5.74) is 6.63. The normalized spacial score (nSPS) is 11.8. The number of hydrogen-bond acceptors (Lipinski definition) is 5. The second-order valence-electron chi connectivity index (χ2n) is 6.34. The quantitative estimate of drug-likeness (QED) is 0.604. The number of amides is 2. The largest absolute Gasteiger partial charge is 0.497 e. The van der Waals surface area contributed by atoms with Gasteiger partial charge in [-0.05, 0) is 23.3 Å². The van der Waals surface area contributed by atoms with E-state index in [4.69, 9.17) is 14.9 Å².